The zero-order chi connectivity index (χ0) is 15.2. The predicted octanol–water partition coefficient (Wildman–Crippen LogP) is 2.22. The van der Waals surface area contributed by atoms with Gasteiger partial charge in [0, 0.05) is 37.8 Å². The highest BCUT2D eigenvalue weighted by Gasteiger charge is 2.22. The normalized spacial score (nSPS) is 19.4. The molecule has 0 bridgehead atoms. The van der Waals surface area contributed by atoms with E-state index < -0.39 is 0 Å². The van der Waals surface area contributed by atoms with Gasteiger partial charge in [-0.2, -0.15) is 5.26 Å². The van der Waals surface area contributed by atoms with Crippen LogP contribution in [0.25, 0.3) is 0 Å². The zero-order valence-electron chi connectivity index (χ0n) is 12.9. The van der Waals surface area contributed by atoms with E-state index in [-0.39, 0.29) is 17.6 Å². The number of hydrogen-bond donors (Lipinski definition) is 1. The molecule has 1 saturated heterocycles. The van der Waals surface area contributed by atoms with E-state index in [0.717, 1.165) is 32.5 Å². The Kier molecular flexibility index (Phi) is 5.40. The number of hydrogen-bond acceptors (Lipinski definition) is 4. The van der Waals surface area contributed by atoms with Crippen LogP contribution in [-0.4, -0.2) is 35.1 Å². The van der Waals surface area contributed by atoms with Crippen LogP contribution >= 0.6 is 0 Å². The Morgan fingerprint density at radius 3 is 3.05 bits per heavy atom. The standard InChI is InChI=1S/C16H24N4O/c1-13(2)18-15-7-4-11-20(16(15)21)14-6-3-9-19(12-14)10-5-8-17/h4,7,11,13-14,18H,3,5-6,9-10,12H2,1-2H3/t14-/m1/s1. The van der Waals surface area contributed by atoms with E-state index in [2.05, 4.69) is 16.3 Å². The smallest absolute Gasteiger partial charge is 0.274 e. The lowest BCUT2D eigenvalue weighted by Crippen LogP contribution is -2.40. The van der Waals surface area contributed by atoms with Crippen LogP contribution in [0.2, 0.25) is 0 Å². The van der Waals surface area contributed by atoms with Crippen molar-refractivity contribution >= 4 is 5.69 Å². The molecule has 1 aliphatic rings. The molecule has 1 atom stereocenters. The fraction of sp³-hybridized carbons (Fsp3) is 0.625. The van der Waals surface area contributed by atoms with E-state index in [4.69, 9.17) is 5.26 Å². The van der Waals surface area contributed by atoms with Gasteiger partial charge in [0.05, 0.1) is 6.07 Å². The topological polar surface area (TPSA) is 61.1 Å². The number of pyridine rings is 1. The van der Waals surface area contributed by atoms with Gasteiger partial charge in [-0.25, -0.2) is 0 Å². The van der Waals surface area contributed by atoms with Crippen LogP contribution in [0.3, 0.4) is 0 Å². The van der Waals surface area contributed by atoms with Crippen LogP contribution in [0.15, 0.2) is 23.1 Å². The minimum atomic E-state index is 0.0540. The Morgan fingerprint density at radius 1 is 1.52 bits per heavy atom. The first-order chi connectivity index (χ1) is 10.1. The summed E-state index contributed by atoms with van der Waals surface area (Å²) in [6, 6.07) is 6.41. The molecular formula is C16H24N4O. The molecule has 1 aromatic rings. The number of nitrogens with one attached hydrogen (secondary N) is 1. The number of nitrogens with zero attached hydrogens (tertiary/aromatic N) is 3. The van der Waals surface area contributed by atoms with Crippen LogP contribution < -0.4 is 10.9 Å². The SMILES string of the molecule is CC(C)Nc1cccn([C@@H]2CCCN(CCC#N)C2)c1=O. The average molecular weight is 288 g/mol. The number of nitriles is 1. The van der Waals surface area contributed by atoms with Gasteiger partial charge in [0.15, 0.2) is 0 Å². The van der Waals surface area contributed by atoms with Crippen LogP contribution in [-0.2, 0) is 0 Å². The molecule has 0 spiro atoms. The highest BCUT2D eigenvalue weighted by atomic mass is 16.1. The zero-order valence-corrected chi connectivity index (χ0v) is 12.9. The van der Waals surface area contributed by atoms with Crippen molar-refractivity contribution in [2.45, 2.75) is 45.2 Å². The van der Waals surface area contributed by atoms with Gasteiger partial charge < -0.3 is 14.8 Å². The summed E-state index contributed by atoms with van der Waals surface area (Å²) in [5.74, 6) is 0. The van der Waals surface area contributed by atoms with Gasteiger partial charge in [-0.05, 0) is 45.4 Å². The lowest BCUT2D eigenvalue weighted by atomic mass is 10.0. The van der Waals surface area contributed by atoms with Crippen molar-refractivity contribution < 1.29 is 0 Å². The fourth-order valence-corrected chi connectivity index (χ4v) is 2.89. The summed E-state index contributed by atoms with van der Waals surface area (Å²) in [5.41, 5.74) is 0.722. The van der Waals surface area contributed by atoms with Crippen molar-refractivity contribution in [3.8, 4) is 6.07 Å². The second kappa shape index (κ2) is 7.28. The van der Waals surface area contributed by atoms with Gasteiger partial charge in [-0.3, -0.25) is 4.79 Å². The molecule has 5 heteroatoms. The summed E-state index contributed by atoms with van der Waals surface area (Å²) in [5, 5.41) is 11.9. The second-order valence-corrected chi connectivity index (χ2v) is 5.94. The van der Waals surface area contributed by atoms with Crippen LogP contribution in [0.4, 0.5) is 5.69 Å². The molecule has 0 aromatic carbocycles. The second-order valence-electron chi connectivity index (χ2n) is 5.94. The molecule has 0 amide bonds. The Labute approximate surface area is 126 Å². The van der Waals surface area contributed by atoms with Crippen LogP contribution in [0.5, 0.6) is 0 Å². The molecule has 0 saturated carbocycles. The van der Waals surface area contributed by atoms with Crippen molar-refractivity contribution in [1.29, 1.82) is 5.26 Å². The number of likely N-dealkylation sites (tertiary alicyclic amines) is 1. The van der Waals surface area contributed by atoms with Gasteiger partial charge in [0.25, 0.3) is 5.56 Å². The molecule has 1 aromatic heterocycles. The molecule has 2 heterocycles. The maximum absolute atomic E-state index is 12.6. The van der Waals surface area contributed by atoms with Gasteiger partial charge in [-0.15, -0.1) is 0 Å². The minimum absolute atomic E-state index is 0.0540. The Balaban J connectivity index is 2.14. The summed E-state index contributed by atoms with van der Waals surface area (Å²) in [6.45, 7) is 6.73. The number of anilines is 1. The molecule has 21 heavy (non-hydrogen) atoms. The Morgan fingerprint density at radius 2 is 2.33 bits per heavy atom. The van der Waals surface area contributed by atoms with E-state index in [9.17, 15) is 4.79 Å². The Hall–Kier alpha value is -1.80. The van der Waals surface area contributed by atoms with Gasteiger partial charge >= 0.3 is 0 Å². The molecule has 1 fully saturated rings. The van der Waals surface area contributed by atoms with Crippen LogP contribution in [0, 0.1) is 11.3 Å². The van der Waals surface area contributed by atoms with E-state index in [1.165, 1.54) is 0 Å². The third kappa shape index (κ3) is 4.08. The lowest BCUT2D eigenvalue weighted by Gasteiger charge is -2.33. The first-order valence-corrected chi connectivity index (χ1v) is 7.69. The summed E-state index contributed by atoms with van der Waals surface area (Å²) in [6.07, 6.45) is 4.53. The monoisotopic (exact) mass is 288 g/mol. The van der Waals surface area contributed by atoms with Gasteiger partial charge in [0.2, 0.25) is 0 Å². The first kappa shape index (κ1) is 15.6. The predicted molar refractivity (Wildman–Crippen MR) is 84.4 cm³/mol. The lowest BCUT2D eigenvalue weighted by molar-refractivity contribution is 0.178. The van der Waals surface area contributed by atoms with Crippen molar-refractivity contribution in [1.82, 2.24) is 9.47 Å². The highest BCUT2D eigenvalue weighted by Crippen LogP contribution is 2.20. The van der Waals surface area contributed by atoms with Crippen molar-refractivity contribution in [3.63, 3.8) is 0 Å². The largest absolute Gasteiger partial charge is 0.378 e. The third-order valence-corrected chi connectivity index (χ3v) is 3.83. The summed E-state index contributed by atoms with van der Waals surface area (Å²) < 4.78 is 1.85. The number of aromatic nitrogens is 1. The first-order valence-electron chi connectivity index (χ1n) is 7.69. The molecule has 5 nitrogen and oxygen atoms in total. The highest BCUT2D eigenvalue weighted by molar-refractivity contribution is 5.41. The maximum atomic E-state index is 12.6. The third-order valence-electron chi connectivity index (χ3n) is 3.83. The number of piperidine rings is 1. The van der Waals surface area contributed by atoms with E-state index in [0.29, 0.717) is 12.1 Å². The Bertz CT molecular complexity index is 558. The molecule has 2 rings (SSSR count). The fourth-order valence-electron chi connectivity index (χ4n) is 2.89. The summed E-state index contributed by atoms with van der Waals surface area (Å²) in [4.78, 5) is 14.8. The van der Waals surface area contributed by atoms with Crippen molar-refractivity contribution in [2.24, 2.45) is 0 Å². The quantitative estimate of drug-likeness (QED) is 0.902. The van der Waals surface area contributed by atoms with Crippen LogP contribution in [0.1, 0.15) is 39.2 Å². The van der Waals surface area contributed by atoms with Crippen molar-refractivity contribution in [3.05, 3.63) is 28.7 Å². The maximum Gasteiger partial charge on any atom is 0.274 e. The van der Waals surface area contributed by atoms with E-state index in [1.54, 1.807) is 0 Å². The summed E-state index contributed by atoms with van der Waals surface area (Å²) >= 11 is 0. The van der Waals surface area contributed by atoms with Crippen molar-refractivity contribution in [2.75, 3.05) is 25.0 Å². The molecular weight excluding hydrogens is 264 g/mol. The van der Waals surface area contributed by atoms with E-state index >= 15 is 0 Å². The molecule has 0 aliphatic carbocycles. The van der Waals surface area contributed by atoms with Gasteiger partial charge in [0.1, 0.15) is 5.69 Å². The minimum Gasteiger partial charge on any atom is -0.378 e. The summed E-state index contributed by atoms with van der Waals surface area (Å²) in [7, 11) is 0. The molecule has 0 unspecified atom stereocenters. The molecule has 1 aliphatic heterocycles. The number of rotatable bonds is 5. The van der Waals surface area contributed by atoms with E-state index in [1.807, 2.05) is 36.7 Å². The molecule has 114 valence electrons. The molecule has 0 radical (unpaired) electrons. The average Bonchev–Trinajstić information content (AvgIpc) is 2.47. The molecule has 1 N–H and O–H groups in total. The van der Waals surface area contributed by atoms with Gasteiger partial charge in [-0.1, -0.05) is 0 Å².